The van der Waals surface area contributed by atoms with Crippen LogP contribution in [0.3, 0.4) is 0 Å². The molecule has 2 rings (SSSR count). The number of hydrogen-bond donors (Lipinski definition) is 1. The first kappa shape index (κ1) is 12.9. The zero-order valence-corrected chi connectivity index (χ0v) is 11.2. The van der Waals surface area contributed by atoms with E-state index >= 15 is 0 Å². The fourth-order valence-electron chi connectivity index (χ4n) is 2.12. The molecule has 1 N–H and O–H groups in total. The van der Waals surface area contributed by atoms with E-state index in [4.69, 9.17) is 4.42 Å². The summed E-state index contributed by atoms with van der Waals surface area (Å²) >= 11 is 0. The van der Waals surface area contributed by atoms with Gasteiger partial charge in [-0.3, -0.25) is 0 Å². The summed E-state index contributed by atoms with van der Waals surface area (Å²) in [6.07, 6.45) is 2.00. The standard InChI is InChI=1S/C16H20O2/c1-11(2)10-13-4-6-14(7-5-13)15(17)16-12(3)8-9-18-16/h4-9,11,15,17H,10H2,1-3H3. The van der Waals surface area contributed by atoms with Crippen molar-refractivity contribution in [2.24, 2.45) is 5.92 Å². The lowest BCUT2D eigenvalue weighted by molar-refractivity contribution is 0.188. The molecule has 0 bridgehead atoms. The highest BCUT2D eigenvalue weighted by Crippen LogP contribution is 2.25. The van der Waals surface area contributed by atoms with Crippen LogP contribution in [0.4, 0.5) is 0 Å². The van der Waals surface area contributed by atoms with Crippen molar-refractivity contribution in [2.75, 3.05) is 0 Å². The molecule has 0 saturated heterocycles. The summed E-state index contributed by atoms with van der Waals surface area (Å²) in [5, 5.41) is 10.2. The third-order valence-electron chi connectivity index (χ3n) is 3.09. The first-order chi connectivity index (χ1) is 8.58. The second-order valence-corrected chi connectivity index (χ2v) is 5.21. The molecule has 0 radical (unpaired) electrons. The van der Waals surface area contributed by atoms with Gasteiger partial charge in [-0.25, -0.2) is 0 Å². The Morgan fingerprint density at radius 3 is 2.28 bits per heavy atom. The van der Waals surface area contributed by atoms with Crippen LogP contribution >= 0.6 is 0 Å². The predicted molar refractivity (Wildman–Crippen MR) is 72.5 cm³/mol. The van der Waals surface area contributed by atoms with Gasteiger partial charge in [-0.2, -0.15) is 0 Å². The second kappa shape index (κ2) is 5.40. The average Bonchev–Trinajstić information content (AvgIpc) is 2.75. The quantitative estimate of drug-likeness (QED) is 0.885. The Balaban J connectivity index is 2.17. The lowest BCUT2D eigenvalue weighted by Crippen LogP contribution is -2.01. The van der Waals surface area contributed by atoms with E-state index in [1.807, 2.05) is 25.1 Å². The summed E-state index contributed by atoms with van der Waals surface area (Å²) < 4.78 is 5.33. The lowest BCUT2D eigenvalue weighted by Gasteiger charge is -2.11. The summed E-state index contributed by atoms with van der Waals surface area (Å²) in [4.78, 5) is 0. The van der Waals surface area contributed by atoms with E-state index in [9.17, 15) is 5.11 Å². The SMILES string of the molecule is Cc1ccoc1C(O)c1ccc(CC(C)C)cc1. The third kappa shape index (κ3) is 2.82. The molecule has 1 aromatic carbocycles. The van der Waals surface area contributed by atoms with Gasteiger partial charge in [0.25, 0.3) is 0 Å². The van der Waals surface area contributed by atoms with Crippen LogP contribution in [0, 0.1) is 12.8 Å². The third-order valence-corrected chi connectivity index (χ3v) is 3.09. The summed E-state index contributed by atoms with van der Waals surface area (Å²) in [6.45, 7) is 6.35. The Labute approximate surface area is 108 Å². The van der Waals surface area contributed by atoms with Gasteiger partial charge >= 0.3 is 0 Å². The van der Waals surface area contributed by atoms with E-state index in [-0.39, 0.29) is 0 Å². The van der Waals surface area contributed by atoms with E-state index in [1.165, 1.54) is 5.56 Å². The molecule has 0 aliphatic carbocycles. The highest BCUT2D eigenvalue weighted by Gasteiger charge is 2.15. The number of furan rings is 1. The Bertz CT molecular complexity index is 494. The normalized spacial score (nSPS) is 12.9. The van der Waals surface area contributed by atoms with Crippen LogP contribution in [0.5, 0.6) is 0 Å². The van der Waals surface area contributed by atoms with E-state index in [0.717, 1.165) is 17.5 Å². The minimum atomic E-state index is -0.673. The van der Waals surface area contributed by atoms with Crippen LogP contribution in [0.25, 0.3) is 0 Å². The maximum Gasteiger partial charge on any atom is 0.139 e. The average molecular weight is 244 g/mol. The Kier molecular flexibility index (Phi) is 3.87. The lowest BCUT2D eigenvalue weighted by atomic mass is 9.99. The first-order valence-corrected chi connectivity index (χ1v) is 6.39. The van der Waals surface area contributed by atoms with Crippen molar-refractivity contribution in [3.05, 3.63) is 59.0 Å². The summed E-state index contributed by atoms with van der Waals surface area (Å²) in [6, 6.07) is 9.98. The molecule has 1 atom stereocenters. The number of rotatable bonds is 4. The fraction of sp³-hybridized carbons (Fsp3) is 0.375. The number of benzene rings is 1. The molecule has 2 heteroatoms. The molecule has 1 aromatic heterocycles. The summed E-state index contributed by atoms with van der Waals surface area (Å²) in [7, 11) is 0. The van der Waals surface area contributed by atoms with Crippen molar-refractivity contribution in [3.63, 3.8) is 0 Å². The van der Waals surface area contributed by atoms with Gasteiger partial charge in [0.15, 0.2) is 0 Å². The van der Waals surface area contributed by atoms with Crippen LogP contribution in [-0.2, 0) is 6.42 Å². The second-order valence-electron chi connectivity index (χ2n) is 5.21. The zero-order chi connectivity index (χ0) is 13.1. The van der Waals surface area contributed by atoms with E-state index in [1.54, 1.807) is 6.26 Å². The molecule has 0 fully saturated rings. The monoisotopic (exact) mass is 244 g/mol. The molecule has 0 spiro atoms. The van der Waals surface area contributed by atoms with Crippen molar-refractivity contribution in [2.45, 2.75) is 33.3 Å². The van der Waals surface area contributed by atoms with Gasteiger partial charge in [0.05, 0.1) is 6.26 Å². The molecule has 2 nitrogen and oxygen atoms in total. The van der Waals surface area contributed by atoms with Crippen molar-refractivity contribution < 1.29 is 9.52 Å². The number of aryl methyl sites for hydroxylation is 1. The summed E-state index contributed by atoms with van der Waals surface area (Å²) in [5.41, 5.74) is 3.16. The van der Waals surface area contributed by atoms with Crippen LogP contribution in [0.2, 0.25) is 0 Å². The fourth-order valence-corrected chi connectivity index (χ4v) is 2.12. The van der Waals surface area contributed by atoms with Gasteiger partial charge in [-0.15, -0.1) is 0 Å². The number of aliphatic hydroxyl groups is 1. The Hall–Kier alpha value is -1.54. The van der Waals surface area contributed by atoms with Gasteiger partial charge in [0, 0.05) is 0 Å². The molecule has 0 aliphatic rings. The van der Waals surface area contributed by atoms with Crippen molar-refractivity contribution in [3.8, 4) is 0 Å². The summed E-state index contributed by atoms with van der Waals surface area (Å²) in [5.74, 6) is 1.28. The van der Waals surface area contributed by atoms with Crippen LogP contribution in [0.1, 0.15) is 42.4 Å². The predicted octanol–water partition coefficient (Wildman–Crippen LogP) is 3.87. The van der Waals surface area contributed by atoms with E-state index < -0.39 is 6.10 Å². The molecule has 96 valence electrons. The van der Waals surface area contributed by atoms with Gasteiger partial charge in [-0.1, -0.05) is 38.1 Å². The van der Waals surface area contributed by atoms with Crippen LogP contribution in [0.15, 0.2) is 41.0 Å². The van der Waals surface area contributed by atoms with Gasteiger partial charge < -0.3 is 9.52 Å². The van der Waals surface area contributed by atoms with Gasteiger partial charge in [0.2, 0.25) is 0 Å². The smallest absolute Gasteiger partial charge is 0.139 e. The van der Waals surface area contributed by atoms with Crippen molar-refractivity contribution >= 4 is 0 Å². The maximum absolute atomic E-state index is 10.2. The van der Waals surface area contributed by atoms with Gasteiger partial charge in [0.1, 0.15) is 11.9 Å². The van der Waals surface area contributed by atoms with Gasteiger partial charge in [-0.05, 0) is 42.0 Å². The molecule has 0 aliphatic heterocycles. The highest BCUT2D eigenvalue weighted by molar-refractivity contribution is 5.31. The highest BCUT2D eigenvalue weighted by atomic mass is 16.4. The minimum Gasteiger partial charge on any atom is -0.466 e. The maximum atomic E-state index is 10.2. The number of aliphatic hydroxyl groups excluding tert-OH is 1. The molecule has 1 heterocycles. The van der Waals surface area contributed by atoms with Crippen LogP contribution in [-0.4, -0.2) is 5.11 Å². The molecular formula is C16H20O2. The topological polar surface area (TPSA) is 33.4 Å². The molecule has 1 unspecified atom stereocenters. The zero-order valence-electron chi connectivity index (χ0n) is 11.2. The van der Waals surface area contributed by atoms with E-state index in [0.29, 0.717) is 11.7 Å². The molecule has 18 heavy (non-hydrogen) atoms. The largest absolute Gasteiger partial charge is 0.466 e. The van der Waals surface area contributed by atoms with Crippen molar-refractivity contribution in [1.82, 2.24) is 0 Å². The minimum absolute atomic E-state index is 0.631. The molecule has 0 saturated carbocycles. The molecule has 0 amide bonds. The van der Waals surface area contributed by atoms with Crippen molar-refractivity contribution in [1.29, 1.82) is 0 Å². The number of hydrogen-bond acceptors (Lipinski definition) is 2. The first-order valence-electron chi connectivity index (χ1n) is 6.39. The molecular weight excluding hydrogens is 224 g/mol. The van der Waals surface area contributed by atoms with Crippen LogP contribution < -0.4 is 0 Å². The Morgan fingerprint density at radius 2 is 1.78 bits per heavy atom. The van der Waals surface area contributed by atoms with E-state index in [2.05, 4.69) is 26.0 Å². The molecule has 2 aromatic rings. The Morgan fingerprint density at radius 1 is 1.11 bits per heavy atom.